The van der Waals surface area contributed by atoms with Gasteiger partial charge in [0.1, 0.15) is 0 Å². The Labute approximate surface area is 87.6 Å². The molecule has 1 aromatic rings. The van der Waals surface area contributed by atoms with E-state index in [0.717, 1.165) is 5.69 Å². The molecular formula is C12H22N2. The standard InChI is InChI=1S/C7H8N2.C3H8.C2H6/c8-5-1-3-7-4-2-6-9-7;1-3-2;1-2/h1-6,8-9H;3H2,1-2H3;1-2H3/b3-1-,8-5?;;. The van der Waals surface area contributed by atoms with Crippen LogP contribution in [-0.4, -0.2) is 11.2 Å². The fraction of sp³-hybridized carbons (Fsp3) is 0.417. The molecule has 0 unspecified atom stereocenters. The Morgan fingerprint density at radius 2 is 1.93 bits per heavy atom. The van der Waals surface area contributed by atoms with Crippen LogP contribution < -0.4 is 0 Å². The van der Waals surface area contributed by atoms with Crippen molar-refractivity contribution in [1.29, 1.82) is 5.41 Å². The normalized spacial score (nSPS) is 8.29. The molecule has 0 atom stereocenters. The zero-order valence-electron chi connectivity index (χ0n) is 9.67. The average molecular weight is 194 g/mol. The smallest absolute Gasteiger partial charge is 0.0380 e. The maximum absolute atomic E-state index is 6.68. The highest BCUT2D eigenvalue weighted by atomic mass is 14.7. The second kappa shape index (κ2) is 14.2. The van der Waals surface area contributed by atoms with Gasteiger partial charge in [-0.25, -0.2) is 0 Å². The lowest BCUT2D eigenvalue weighted by molar-refractivity contribution is 1.09. The lowest BCUT2D eigenvalue weighted by atomic mass is 10.4. The molecule has 0 aromatic carbocycles. The van der Waals surface area contributed by atoms with Gasteiger partial charge in [-0.2, -0.15) is 0 Å². The Bertz CT molecular complexity index is 210. The molecule has 14 heavy (non-hydrogen) atoms. The fourth-order valence-electron chi connectivity index (χ4n) is 0.600. The summed E-state index contributed by atoms with van der Waals surface area (Å²) in [7, 11) is 0. The Morgan fingerprint density at radius 3 is 2.29 bits per heavy atom. The molecule has 1 heterocycles. The van der Waals surface area contributed by atoms with Crippen LogP contribution in [-0.2, 0) is 0 Å². The first-order valence-electron chi connectivity index (χ1n) is 5.15. The molecule has 0 amide bonds. The Balaban J connectivity index is 0. The van der Waals surface area contributed by atoms with Crippen LogP contribution >= 0.6 is 0 Å². The highest BCUT2D eigenvalue weighted by Crippen LogP contribution is 1.94. The fourth-order valence-corrected chi connectivity index (χ4v) is 0.600. The first-order chi connectivity index (χ1) is 6.85. The molecule has 0 saturated carbocycles. The van der Waals surface area contributed by atoms with Crippen molar-refractivity contribution in [2.45, 2.75) is 34.1 Å². The molecule has 2 N–H and O–H groups in total. The minimum absolute atomic E-state index is 1.03. The first kappa shape index (κ1) is 15.2. The Kier molecular flexibility index (Phi) is 15.4. The van der Waals surface area contributed by atoms with E-state index >= 15 is 0 Å². The molecule has 0 aliphatic carbocycles. The third-order valence-corrected chi connectivity index (χ3v) is 0.994. The molecule has 1 rings (SSSR count). The number of hydrogen-bond acceptors (Lipinski definition) is 1. The zero-order chi connectivity index (χ0) is 11.2. The molecule has 0 spiro atoms. The van der Waals surface area contributed by atoms with Gasteiger partial charge in [0.05, 0.1) is 0 Å². The van der Waals surface area contributed by atoms with Crippen LogP contribution in [0.2, 0.25) is 0 Å². The largest absolute Gasteiger partial charge is 0.362 e. The second-order valence-corrected chi connectivity index (χ2v) is 2.36. The number of hydrogen-bond donors (Lipinski definition) is 2. The van der Waals surface area contributed by atoms with Crippen LogP contribution in [0.5, 0.6) is 0 Å². The molecule has 0 bridgehead atoms. The predicted molar refractivity (Wildman–Crippen MR) is 65.9 cm³/mol. The number of H-pyrrole nitrogens is 1. The number of aromatic amines is 1. The Hall–Kier alpha value is -1.31. The second-order valence-electron chi connectivity index (χ2n) is 2.36. The molecule has 0 aliphatic heterocycles. The third kappa shape index (κ3) is 10.7. The van der Waals surface area contributed by atoms with Crippen molar-refractivity contribution in [3.05, 3.63) is 30.1 Å². The van der Waals surface area contributed by atoms with Gasteiger partial charge in [0.2, 0.25) is 0 Å². The van der Waals surface area contributed by atoms with Gasteiger partial charge >= 0.3 is 0 Å². The van der Waals surface area contributed by atoms with Crippen LogP contribution in [0.25, 0.3) is 6.08 Å². The topological polar surface area (TPSA) is 39.6 Å². The van der Waals surface area contributed by atoms with Gasteiger partial charge in [-0.3, -0.25) is 0 Å². The van der Waals surface area contributed by atoms with E-state index in [0.29, 0.717) is 0 Å². The SMILES string of the molecule is CC.CCC.N=C/C=C\c1ccc[nH]1. The van der Waals surface area contributed by atoms with Crippen LogP contribution in [0.3, 0.4) is 0 Å². The van der Waals surface area contributed by atoms with Crippen LogP contribution in [0.15, 0.2) is 24.4 Å². The van der Waals surface area contributed by atoms with Gasteiger partial charge in [0.25, 0.3) is 0 Å². The molecule has 2 nitrogen and oxygen atoms in total. The van der Waals surface area contributed by atoms with E-state index in [2.05, 4.69) is 18.8 Å². The van der Waals surface area contributed by atoms with Crippen molar-refractivity contribution < 1.29 is 0 Å². The molecule has 0 radical (unpaired) electrons. The lowest BCUT2D eigenvalue weighted by Crippen LogP contribution is -1.66. The van der Waals surface area contributed by atoms with Crippen LogP contribution in [0.4, 0.5) is 0 Å². The van der Waals surface area contributed by atoms with Crippen LogP contribution in [0.1, 0.15) is 39.8 Å². The summed E-state index contributed by atoms with van der Waals surface area (Å²) in [6.07, 6.45) is 7.86. The summed E-state index contributed by atoms with van der Waals surface area (Å²) >= 11 is 0. The maximum Gasteiger partial charge on any atom is 0.0380 e. The Morgan fingerprint density at radius 1 is 1.36 bits per heavy atom. The number of allylic oxidation sites excluding steroid dienone is 1. The highest BCUT2D eigenvalue weighted by Gasteiger charge is 1.79. The van der Waals surface area contributed by atoms with E-state index in [1.807, 2.05) is 38.3 Å². The van der Waals surface area contributed by atoms with E-state index in [4.69, 9.17) is 5.41 Å². The monoisotopic (exact) mass is 194 g/mol. The number of aromatic nitrogens is 1. The minimum atomic E-state index is 1.03. The van der Waals surface area contributed by atoms with Crippen molar-refractivity contribution in [2.24, 2.45) is 0 Å². The van der Waals surface area contributed by atoms with Gasteiger partial charge in [-0.15, -0.1) is 0 Å². The van der Waals surface area contributed by atoms with Crippen LogP contribution in [0, 0.1) is 5.41 Å². The summed E-state index contributed by atoms with van der Waals surface area (Å²) in [4.78, 5) is 2.98. The van der Waals surface area contributed by atoms with E-state index in [1.54, 1.807) is 6.08 Å². The molecule has 2 heteroatoms. The van der Waals surface area contributed by atoms with E-state index < -0.39 is 0 Å². The summed E-state index contributed by atoms with van der Waals surface area (Å²) in [6.45, 7) is 8.25. The van der Waals surface area contributed by atoms with Crippen molar-refractivity contribution in [2.75, 3.05) is 0 Å². The third-order valence-electron chi connectivity index (χ3n) is 0.994. The average Bonchev–Trinajstić information content (AvgIpc) is 2.72. The van der Waals surface area contributed by atoms with Crippen molar-refractivity contribution in [1.82, 2.24) is 4.98 Å². The maximum atomic E-state index is 6.68. The highest BCUT2D eigenvalue weighted by molar-refractivity contribution is 5.75. The first-order valence-corrected chi connectivity index (χ1v) is 5.15. The summed E-state index contributed by atoms with van der Waals surface area (Å²) in [5, 5.41) is 6.68. The van der Waals surface area contributed by atoms with E-state index in [9.17, 15) is 0 Å². The quantitative estimate of drug-likeness (QED) is 0.665. The van der Waals surface area contributed by atoms with Gasteiger partial charge in [-0.1, -0.05) is 34.1 Å². The van der Waals surface area contributed by atoms with Crippen molar-refractivity contribution >= 4 is 12.3 Å². The molecule has 0 fully saturated rings. The van der Waals surface area contributed by atoms with Crippen molar-refractivity contribution in [3.8, 4) is 0 Å². The van der Waals surface area contributed by atoms with Gasteiger partial charge in [-0.05, 0) is 24.3 Å². The molecule has 0 aliphatic rings. The molecule has 80 valence electrons. The van der Waals surface area contributed by atoms with E-state index in [-0.39, 0.29) is 0 Å². The minimum Gasteiger partial charge on any atom is -0.362 e. The lowest BCUT2D eigenvalue weighted by Gasteiger charge is -1.78. The summed E-state index contributed by atoms with van der Waals surface area (Å²) < 4.78 is 0. The molecule has 1 aromatic heterocycles. The zero-order valence-corrected chi connectivity index (χ0v) is 9.67. The number of rotatable bonds is 2. The summed E-state index contributed by atoms with van der Waals surface area (Å²) in [5.74, 6) is 0. The van der Waals surface area contributed by atoms with E-state index in [1.165, 1.54) is 12.6 Å². The summed E-state index contributed by atoms with van der Waals surface area (Å²) in [5.41, 5.74) is 1.03. The summed E-state index contributed by atoms with van der Waals surface area (Å²) in [6, 6.07) is 3.86. The van der Waals surface area contributed by atoms with Gasteiger partial charge in [0, 0.05) is 18.1 Å². The van der Waals surface area contributed by atoms with Gasteiger partial charge in [0.15, 0.2) is 0 Å². The predicted octanol–water partition coefficient (Wildman–Crippen LogP) is 4.12. The van der Waals surface area contributed by atoms with Crippen molar-refractivity contribution in [3.63, 3.8) is 0 Å². The van der Waals surface area contributed by atoms with Gasteiger partial charge < -0.3 is 10.4 Å². The number of nitrogens with one attached hydrogen (secondary N) is 2. The molecular weight excluding hydrogens is 172 g/mol. The molecule has 0 saturated heterocycles.